The molecule has 2 aliphatic rings. The number of likely N-dealkylation sites (tertiary alicyclic amines) is 1. The van der Waals surface area contributed by atoms with Gasteiger partial charge in [0.15, 0.2) is 0 Å². The maximum Gasteiger partial charge on any atom is 0.410 e. The van der Waals surface area contributed by atoms with E-state index in [9.17, 15) is 4.79 Å². The van der Waals surface area contributed by atoms with Gasteiger partial charge in [0.05, 0.1) is 0 Å². The van der Waals surface area contributed by atoms with Crippen molar-refractivity contribution in [3.05, 3.63) is 95.1 Å². The fraction of sp³-hybridized carbons (Fsp3) is 0.469. The average molecular weight is 515 g/mol. The maximum atomic E-state index is 12.3. The molecule has 202 valence electrons. The molecule has 2 aromatic heterocycles. The van der Waals surface area contributed by atoms with Gasteiger partial charge in [0.2, 0.25) is 0 Å². The second-order valence-electron chi connectivity index (χ2n) is 10.7. The van der Waals surface area contributed by atoms with E-state index in [2.05, 4.69) is 46.5 Å². The van der Waals surface area contributed by atoms with E-state index in [0.29, 0.717) is 12.5 Å². The third-order valence-corrected chi connectivity index (χ3v) is 7.35. The van der Waals surface area contributed by atoms with Crippen LogP contribution in [0.15, 0.2) is 67.0 Å². The highest BCUT2D eigenvalue weighted by Crippen LogP contribution is 2.22. The van der Waals surface area contributed by atoms with Crippen LogP contribution in [0.1, 0.15) is 53.8 Å². The van der Waals surface area contributed by atoms with Crippen LogP contribution in [0.5, 0.6) is 0 Å². The Morgan fingerprint density at radius 1 is 0.895 bits per heavy atom. The van der Waals surface area contributed by atoms with Crippen LogP contribution in [0.4, 0.5) is 4.79 Å². The molecular formula is C32H42N4O2. The van der Waals surface area contributed by atoms with Crippen molar-refractivity contribution in [1.82, 2.24) is 20.2 Å². The molecule has 38 heavy (non-hydrogen) atoms. The molecule has 1 N–H and O–H groups in total. The van der Waals surface area contributed by atoms with Gasteiger partial charge in [-0.2, -0.15) is 0 Å². The molecule has 3 aromatic rings. The Morgan fingerprint density at radius 3 is 2.18 bits per heavy atom. The quantitative estimate of drug-likeness (QED) is 0.443. The number of carbonyl (C=O) groups is 1. The number of rotatable bonds is 6. The summed E-state index contributed by atoms with van der Waals surface area (Å²) in [6.07, 6.45) is 10.7. The van der Waals surface area contributed by atoms with E-state index >= 15 is 0 Å². The lowest BCUT2D eigenvalue weighted by molar-refractivity contribution is 0.0790. The minimum atomic E-state index is -0.200. The third kappa shape index (κ3) is 9.25. The lowest BCUT2D eigenvalue weighted by Gasteiger charge is -2.32. The number of piperidine rings is 2. The van der Waals surface area contributed by atoms with Crippen LogP contribution in [0.25, 0.3) is 0 Å². The van der Waals surface area contributed by atoms with Crippen molar-refractivity contribution in [3.63, 3.8) is 0 Å². The summed E-state index contributed by atoms with van der Waals surface area (Å²) < 4.78 is 5.46. The molecule has 2 aliphatic heterocycles. The van der Waals surface area contributed by atoms with Crippen LogP contribution in [0, 0.1) is 25.7 Å². The first-order chi connectivity index (χ1) is 18.5. The second-order valence-corrected chi connectivity index (χ2v) is 10.7. The van der Waals surface area contributed by atoms with E-state index in [-0.39, 0.29) is 6.09 Å². The number of pyridine rings is 2. The number of hydrogen-bond donors (Lipinski definition) is 1. The molecule has 4 heterocycles. The number of nitrogens with zero attached hydrogens (tertiary/aromatic N) is 3. The predicted molar refractivity (Wildman–Crippen MR) is 152 cm³/mol. The fourth-order valence-corrected chi connectivity index (χ4v) is 5.44. The number of aromatic nitrogens is 2. The van der Waals surface area contributed by atoms with Crippen molar-refractivity contribution in [3.8, 4) is 0 Å². The monoisotopic (exact) mass is 514 g/mol. The first-order valence-electron chi connectivity index (χ1n) is 14.0. The van der Waals surface area contributed by atoms with Crippen LogP contribution in [0.3, 0.4) is 0 Å². The van der Waals surface area contributed by atoms with E-state index in [1.807, 2.05) is 54.5 Å². The van der Waals surface area contributed by atoms with Gasteiger partial charge in [0, 0.05) is 36.9 Å². The van der Waals surface area contributed by atoms with E-state index in [4.69, 9.17) is 4.74 Å². The van der Waals surface area contributed by atoms with Crippen LogP contribution in [-0.2, 0) is 24.2 Å². The molecule has 1 amide bonds. The summed E-state index contributed by atoms with van der Waals surface area (Å²) in [7, 11) is 0. The van der Waals surface area contributed by atoms with Crippen LogP contribution in [0.2, 0.25) is 0 Å². The first-order valence-corrected chi connectivity index (χ1v) is 14.0. The Kier molecular flexibility index (Phi) is 10.7. The van der Waals surface area contributed by atoms with Crippen molar-refractivity contribution in [2.24, 2.45) is 11.8 Å². The molecule has 2 saturated heterocycles. The maximum absolute atomic E-state index is 12.3. The Bertz CT molecular complexity index is 1130. The van der Waals surface area contributed by atoms with Crippen molar-refractivity contribution in [2.45, 2.75) is 59.0 Å². The number of benzene rings is 1. The normalized spacial score (nSPS) is 19.3. The smallest absolute Gasteiger partial charge is 0.410 e. The van der Waals surface area contributed by atoms with Crippen molar-refractivity contribution >= 4 is 6.09 Å². The van der Waals surface area contributed by atoms with E-state index in [0.717, 1.165) is 55.2 Å². The van der Waals surface area contributed by atoms with Gasteiger partial charge in [0.25, 0.3) is 0 Å². The predicted octanol–water partition coefficient (Wildman–Crippen LogP) is 5.91. The topological polar surface area (TPSA) is 67.4 Å². The molecule has 2 unspecified atom stereocenters. The van der Waals surface area contributed by atoms with Gasteiger partial charge in [-0.1, -0.05) is 30.3 Å². The van der Waals surface area contributed by atoms with E-state index in [1.165, 1.54) is 43.5 Å². The van der Waals surface area contributed by atoms with Crippen LogP contribution >= 0.6 is 0 Å². The standard InChI is InChI=1S/C20H24N2O2.C12H18N2/c1-16-12-18(9-10-21-16)13-19-8-5-11-22(14-19)20(23)24-15-17-6-3-2-4-7-17;1-10-7-11(4-6-14-10)8-12-3-2-5-13-9-12/h2-4,6-7,9-10,12,19H,5,8,11,13-15H2,1H3;4,6-7,12-13H,2-3,5,8-9H2,1H3. The second kappa shape index (κ2) is 14.6. The Morgan fingerprint density at radius 2 is 1.55 bits per heavy atom. The summed E-state index contributed by atoms with van der Waals surface area (Å²) in [6.45, 7) is 8.35. The van der Waals surface area contributed by atoms with Gasteiger partial charge in [0.1, 0.15) is 6.61 Å². The lowest BCUT2D eigenvalue weighted by atomic mass is 9.91. The van der Waals surface area contributed by atoms with Crippen molar-refractivity contribution in [1.29, 1.82) is 0 Å². The molecule has 0 saturated carbocycles. The summed E-state index contributed by atoms with van der Waals surface area (Å²) in [6, 6.07) is 18.4. The van der Waals surface area contributed by atoms with Gasteiger partial charge < -0.3 is 15.0 Å². The zero-order valence-corrected chi connectivity index (χ0v) is 22.9. The molecule has 5 rings (SSSR count). The average Bonchev–Trinajstić information content (AvgIpc) is 2.93. The largest absolute Gasteiger partial charge is 0.445 e. The Labute approximate surface area is 227 Å². The molecule has 1 aromatic carbocycles. The highest BCUT2D eigenvalue weighted by atomic mass is 16.6. The zero-order chi connectivity index (χ0) is 26.6. The van der Waals surface area contributed by atoms with Crippen molar-refractivity contribution < 1.29 is 9.53 Å². The van der Waals surface area contributed by atoms with Gasteiger partial charge in [-0.15, -0.1) is 0 Å². The lowest BCUT2D eigenvalue weighted by Crippen LogP contribution is -2.40. The van der Waals surface area contributed by atoms with Crippen LogP contribution < -0.4 is 5.32 Å². The molecule has 0 radical (unpaired) electrons. The molecule has 2 fully saturated rings. The first kappa shape index (κ1) is 27.8. The third-order valence-electron chi connectivity index (χ3n) is 7.35. The van der Waals surface area contributed by atoms with Gasteiger partial charge in [-0.25, -0.2) is 4.79 Å². The number of aryl methyl sites for hydroxylation is 2. The molecule has 6 nitrogen and oxygen atoms in total. The molecule has 0 spiro atoms. The Balaban J connectivity index is 0.000000204. The van der Waals surface area contributed by atoms with E-state index < -0.39 is 0 Å². The van der Waals surface area contributed by atoms with Crippen LogP contribution in [-0.4, -0.2) is 47.1 Å². The Hall–Kier alpha value is -3.25. The molecule has 6 heteroatoms. The minimum Gasteiger partial charge on any atom is -0.445 e. The van der Waals surface area contributed by atoms with Gasteiger partial charge in [-0.3, -0.25) is 9.97 Å². The highest BCUT2D eigenvalue weighted by molar-refractivity contribution is 5.67. The summed E-state index contributed by atoms with van der Waals surface area (Å²) in [5, 5.41) is 3.45. The van der Waals surface area contributed by atoms with E-state index in [1.54, 1.807) is 0 Å². The SMILES string of the molecule is Cc1cc(CC2CCCN(C(=O)OCc3ccccc3)C2)ccn1.Cc1cc(CC2CCCNC2)ccn1. The van der Waals surface area contributed by atoms with Gasteiger partial charge >= 0.3 is 6.09 Å². The molecule has 0 bridgehead atoms. The summed E-state index contributed by atoms with van der Waals surface area (Å²) in [4.78, 5) is 22.6. The number of amides is 1. The summed E-state index contributed by atoms with van der Waals surface area (Å²) in [5.74, 6) is 1.32. The number of carbonyl (C=O) groups excluding carboxylic acids is 1. The number of ether oxygens (including phenoxy) is 1. The summed E-state index contributed by atoms with van der Waals surface area (Å²) >= 11 is 0. The minimum absolute atomic E-state index is 0.200. The summed E-state index contributed by atoms with van der Waals surface area (Å²) in [5.41, 5.74) is 5.93. The number of nitrogens with one attached hydrogen (secondary N) is 1. The van der Waals surface area contributed by atoms with Crippen molar-refractivity contribution in [2.75, 3.05) is 26.2 Å². The van der Waals surface area contributed by atoms with Gasteiger partial charge in [-0.05, 0) is 118 Å². The molecular weight excluding hydrogens is 472 g/mol. The number of hydrogen-bond acceptors (Lipinski definition) is 5. The molecule has 2 atom stereocenters. The molecule has 0 aliphatic carbocycles. The fourth-order valence-electron chi connectivity index (χ4n) is 5.44. The highest BCUT2D eigenvalue weighted by Gasteiger charge is 2.25. The zero-order valence-electron chi connectivity index (χ0n) is 22.9.